The Kier molecular flexibility index (Phi) is 5.87. The van der Waals surface area contributed by atoms with Crippen LogP contribution in [-0.4, -0.2) is 41.3 Å². The molecule has 0 unspecified atom stereocenters. The van der Waals surface area contributed by atoms with Crippen LogP contribution in [0.2, 0.25) is 0 Å². The monoisotopic (exact) mass is 382 g/mol. The lowest BCUT2D eigenvalue weighted by Gasteiger charge is -2.13. The highest BCUT2D eigenvalue weighted by atomic mass is 32.2. The van der Waals surface area contributed by atoms with Gasteiger partial charge in [0.2, 0.25) is 0 Å². The molecule has 0 spiro atoms. The maximum absolute atomic E-state index is 12.8. The van der Waals surface area contributed by atoms with Gasteiger partial charge < -0.3 is 14.8 Å². The van der Waals surface area contributed by atoms with Gasteiger partial charge in [0, 0.05) is 29.8 Å². The second kappa shape index (κ2) is 8.50. The highest BCUT2D eigenvalue weighted by molar-refractivity contribution is 7.98. The molecule has 7 nitrogen and oxygen atoms in total. The minimum Gasteiger partial charge on any atom is -0.493 e. The summed E-state index contributed by atoms with van der Waals surface area (Å²) in [4.78, 5) is 25.5. The van der Waals surface area contributed by atoms with Gasteiger partial charge in [0.05, 0.1) is 25.5 Å². The Morgan fingerprint density at radius 3 is 2.48 bits per heavy atom. The lowest BCUT2D eigenvalue weighted by molar-refractivity contribution is 0.102. The van der Waals surface area contributed by atoms with Crippen LogP contribution < -0.4 is 14.8 Å². The number of aromatic nitrogens is 3. The van der Waals surface area contributed by atoms with Crippen LogP contribution in [-0.2, 0) is 0 Å². The van der Waals surface area contributed by atoms with E-state index in [1.54, 1.807) is 50.9 Å². The maximum atomic E-state index is 12.8. The summed E-state index contributed by atoms with van der Waals surface area (Å²) in [5.74, 6) is 0.849. The molecule has 0 aliphatic rings. The van der Waals surface area contributed by atoms with Crippen molar-refractivity contribution in [1.82, 2.24) is 15.0 Å². The number of thioether (sulfide) groups is 1. The molecule has 0 aliphatic heterocycles. The number of rotatable bonds is 6. The zero-order chi connectivity index (χ0) is 19.2. The molecule has 0 radical (unpaired) electrons. The van der Waals surface area contributed by atoms with Crippen molar-refractivity contribution in [3.8, 4) is 22.8 Å². The number of hydrogen-bond acceptors (Lipinski definition) is 7. The van der Waals surface area contributed by atoms with E-state index >= 15 is 0 Å². The molecular weight excluding hydrogens is 364 g/mol. The molecule has 3 rings (SSSR count). The highest BCUT2D eigenvalue weighted by Crippen LogP contribution is 2.33. The van der Waals surface area contributed by atoms with E-state index in [4.69, 9.17) is 9.47 Å². The quantitative estimate of drug-likeness (QED) is 0.515. The molecule has 0 saturated carbocycles. The first-order valence-corrected chi connectivity index (χ1v) is 9.23. The van der Waals surface area contributed by atoms with Crippen molar-refractivity contribution in [2.75, 3.05) is 25.8 Å². The Morgan fingerprint density at radius 2 is 1.81 bits per heavy atom. The number of methoxy groups -OCH3 is 2. The minimum atomic E-state index is -0.307. The number of anilines is 1. The third-order valence-corrected chi connectivity index (χ3v) is 4.35. The van der Waals surface area contributed by atoms with Gasteiger partial charge in [-0.25, -0.2) is 9.97 Å². The number of ether oxygens (including phenoxy) is 2. The van der Waals surface area contributed by atoms with E-state index < -0.39 is 0 Å². The van der Waals surface area contributed by atoms with Gasteiger partial charge in [-0.1, -0.05) is 11.8 Å². The Labute approximate surface area is 161 Å². The number of hydrogen-bond donors (Lipinski definition) is 1. The second-order valence-electron chi connectivity index (χ2n) is 5.38. The molecule has 27 heavy (non-hydrogen) atoms. The normalized spacial score (nSPS) is 10.3. The van der Waals surface area contributed by atoms with Gasteiger partial charge in [-0.2, -0.15) is 0 Å². The number of nitrogens with one attached hydrogen (secondary N) is 1. The van der Waals surface area contributed by atoms with Gasteiger partial charge in [0.25, 0.3) is 5.91 Å². The fraction of sp³-hybridized carbons (Fsp3) is 0.158. The molecule has 1 aromatic carbocycles. The van der Waals surface area contributed by atoms with Crippen molar-refractivity contribution in [1.29, 1.82) is 0 Å². The topological polar surface area (TPSA) is 86.2 Å². The number of carbonyl (C=O) groups is 1. The van der Waals surface area contributed by atoms with Crippen molar-refractivity contribution in [3.05, 3.63) is 54.5 Å². The zero-order valence-electron chi connectivity index (χ0n) is 15.1. The molecule has 0 atom stereocenters. The van der Waals surface area contributed by atoms with E-state index in [9.17, 15) is 4.79 Å². The summed E-state index contributed by atoms with van der Waals surface area (Å²) in [6, 6.07) is 8.82. The standard InChI is InChI=1S/C19H18N4O3S/c1-25-15-5-4-12(10-16(15)26-2)17-14(11-21-19(23-17)27-3)18(24)22-13-6-8-20-9-7-13/h4-11H,1-3H3,(H,20,22,24). The molecule has 1 amide bonds. The third kappa shape index (κ3) is 4.17. The van der Waals surface area contributed by atoms with Crippen LogP contribution in [0.25, 0.3) is 11.3 Å². The molecule has 1 N–H and O–H groups in total. The first kappa shape index (κ1) is 18.7. The van der Waals surface area contributed by atoms with Crippen molar-refractivity contribution < 1.29 is 14.3 Å². The average molecular weight is 382 g/mol. The lowest BCUT2D eigenvalue weighted by Crippen LogP contribution is -2.15. The van der Waals surface area contributed by atoms with Crippen LogP contribution in [0.4, 0.5) is 5.69 Å². The molecule has 0 saturated heterocycles. The number of benzene rings is 1. The molecule has 2 heterocycles. The number of nitrogens with zero attached hydrogens (tertiary/aromatic N) is 3. The van der Waals surface area contributed by atoms with E-state index in [-0.39, 0.29) is 5.91 Å². The van der Waals surface area contributed by atoms with Crippen LogP contribution in [0.5, 0.6) is 11.5 Å². The van der Waals surface area contributed by atoms with Crippen LogP contribution in [0.3, 0.4) is 0 Å². The first-order valence-electron chi connectivity index (χ1n) is 8.01. The molecule has 2 aromatic heterocycles. The maximum Gasteiger partial charge on any atom is 0.259 e. The molecular formula is C19H18N4O3S. The molecule has 0 aliphatic carbocycles. The number of pyridine rings is 1. The SMILES string of the molecule is COc1ccc(-c2nc(SC)ncc2C(=O)Nc2ccncc2)cc1OC. The second-order valence-corrected chi connectivity index (χ2v) is 6.15. The highest BCUT2D eigenvalue weighted by Gasteiger charge is 2.18. The zero-order valence-corrected chi connectivity index (χ0v) is 15.9. The Balaban J connectivity index is 2.04. The summed E-state index contributed by atoms with van der Waals surface area (Å²) in [6.07, 6.45) is 6.63. The van der Waals surface area contributed by atoms with E-state index in [1.165, 1.54) is 18.0 Å². The van der Waals surface area contributed by atoms with Gasteiger partial charge in [-0.3, -0.25) is 9.78 Å². The van der Waals surface area contributed by atoms with Crippen molar-refractivity contribution in [3.63, 3.8) is 0 Å². The fourth-order valence-electron chi connectivity index (χ4n) is 2.47. The summed E-state index contributed by atoms with van der Waals surface area (Å²) >= 11 is 1.40. The van der Waals surface area contributed by atoms with E-state index in [1.807, 2.05) is 12.3 Å². The van der Waals surface area contributed by atoms with Gasteiger partial charge >= 0.3 is 0 Å². The van der Waals surface area contributed by atoms with E-state index in [0.717, 1.165) is 5.56 Å². The van der Waals surface area contributed by atoms with E-state index in [2.05, 4.69) is 20.3 Å². The molecule has 138 valence electrons. The predicted molar refractivity (Wildman–Crippen MR) is 105 cm³/mol. The van der Waals surface area contributed by atoms with Crippen molar-refractivity contribution >= 4 is 23.4 Å². The van der Waals surface area contributed by atoms with Crippen LogP contribution in [0.1, 0.15) is 10.4 Å². The summed E-state index contributed by atoms with van der Waals surface area (Å²) in [6.45, 7) is 0. The molecule has 0 fully saturated rings. The average Bonchev–Trinajstić information content (AvgIpc) is 2.73. The van der Waals surface area contributed by atoms with Gasteiger partial charge in [0.15, 0.2) is 16.7 Å². The third-order valence-electron chi connectivity index (χ3n) is 3.79. The summed E-state index contributed by atoms with van der Waals surface area (Å²) in [5.41, 5.74) is 2.24. The van der Waals surface area contributed by atoms with Crippen molar-refractivity contribution in [2.45, 2.75) is 5.16 Å². The van der Waals surface area contributed by atoms with Crippen LogP contribution >= 0.6 is 11.8 Å². The summed E-state index contributed by atoms with van der Waals surface area (Å²) in [7, 11) is 3.13. The predicted octanol–water partition coefficient (Wildman–Crippen LogP) is 3.53. The Morgan fingerprint density at radius 1 is 1.07 bits per heavy atom. The summed E-state index contributed by atoms with van der Waals surface area (Å²) < 4.78 is 10.7. The Hall–Kier alpha value is -3.13. The summed E-state index contributed by atoms with van der Waals surface area (Å²) in [5, 5.41) is 3.40. The molecule has 3 aromatic rings. The first-order chi connectivity index (χ1) is 13.2. The van der Waals surface area contributed by atoms with Gasteiger partial charge in [0.1, 0.15) is 0 Å². The smallest absolute Gasteiger partial charge is 0.259 e. The Bertz CT molecular complexity index is 951. The number of carbonyl (C=O) groups excluding carboxylic acids is 1. The van der Waals surface area contributed by atoms with Gasteiger partial charge in [-0.15, -0.1) is 0 Å². The largest absolute Gasteiger partial charge is 0.493 e. The van der Waals surface area contributed by atoms with Crippen molar-refractivity contribution in [2.24, 2.45) is 0 Å². The number of amides is 1. The van der Waals surface area contributed by atoms with E-state index in [0.29, 0.717) is 33.6 Å². The lowest BCUT2D eigenvalue weighted by atomic mass is 10.1. The molecule has 8 heteroatoms. The minimum absolute atomic E-state index is 0.307. The van der Waals surface area contributed by atoms with Crippen LogP contribution in [0, 0.1) is 0 Å². The fourth-order valence-corrected chi connectivity index (χ4v) is 2.81. The van der Waals surface area contributed by atoms with Crippen LogP contribution in [0.15, 0.2) is 54.1 Å². The molecule has 0 bridgehead atoms. The van der Waals surface area contributed by atoms with Gasteiger partial charge in [-0.05, 0) is 36.6 Å².